The van der Waals surface area contributed by atoms with Crippen LogP contribution in [0.1, 0.15) is 65.3 Å². The molecule has 0 radical (unpaired) electrons. The van der Waals surface area contributed by atoms with Gasteiger partial charge in [-0.3, -0.25) is 28.8 Å². The fraction of sp³-hybridized carbons (Fsp3) is 0.262. The van der Waals surface area contributed by atoms with Crippen molar-refractivity contribution in [1.82, 2.24) is 20.3 Å². The number of amides is 2. The number of para-hydroxylation sites is 1. The first-order valence-corrected chi connectivity index (χ1v) is 21.2. The maximum atomic E-state index is 14.8. The Labute approximate surface area is 344 Å². The van der Waals surface area contributed by atoms with Gasteiger partial charge in [-0.25, -0.2) is 9.48 Å². The minimum Gasteiger partial charge on any atom is -0.487 e. The molecule has 1 fully saturated rings. The number of fused-ring (bicyclic) bond motifs is 1. The lowest BCUT2D eigenvalue weighted by molar-refractivity contribution is -0.384. The molecule has 1 aliphatic rings. The highest BCUT2D eigenvalue weighted by Crippen LogP contribution is 2.38. The number of anilines is 1. The van der Waals surface area contributed by atoms with E-state index in [1.807, 2.05) is 30.3 Å². The molecule has 0 bridgehead atoms. The number of nitrogens with zero attached hydrogens (tertiary/aromatic N) is 5. The molecule has 58 heavy (non-hydrogen) atoms. The summed E-state index contributed by atoms with van der Waals surface area (Å²) in [6.45, 7) is 0.382. The predicted molar refractivity (Wildman–Crippen MR) is 224 cm³/mol. The number of hydrogen-bond donors (Lipinski definition) is 1. The summed E-state index contributed by atoms with van der Waals surface area (Å²) in [6.07, 6.45) is 9.34. The Balaban J connectivity index is 0.00000135. The highest BCUT2D eigenvalue weighted by atomic mass is 79.9. The van der Waals surface area contributed by atoms with Gasteiger partial charge in [0.25, 0.3) is 11.6 Å². The van der Waals surface area contributed by atoms with Crippen LogP contribution in [0, 0.1) is 10.1 Å². The Bertz CT molecular complexity index is 2470. The van der Waals surface area contributed by atoms with E-state index < -0.39 is 39.2 Å². The molecule has 0 saturated heterocycles. The van der Waals surface area contributed by atoms with Crippen LogP contribution in [0.5, 0.6) is 5.75 Å². The molecule has 1 aliphatic carbocycles. The van der Waals surface area contributed by atoms with E-state index in [9.17, 15) is 28.7 Å². The quantitative estimate of drug-likeness (QED) is 0.0735. The predicted octanol–water partition coefficient (Wildman–Crippen LogP) is 7.51. The third kappa shape index (κ3) is 10.7. The van der Waals surface area contributed by atoms with Gasteiger partial charge in [0, 0.05) is 62.6 Å². The van der Waals surface area contributed by atoms with Crippen LogP contribution in [0.2, 0.25) is 0 Å². The Hall–Kier alpha value is -6.00. The summed E-state index contributed by atoms with van der Waals surface area (Å²) >= 11 is 3.43. The molecule has 16 heteroatoms. The summed E-state index contributed by atoms with van der Waals surface area (Å²) in [7, 11) is -0.611. The fourth-order valence-corrected chi connectivity index (χ4v) is 7.05. The van der Waals surface area contributed by atoms with Gasteiger partial charge in [-0.05, 0) is 60.9 Å². The Morgan fingerprint density at radius 3 is 2.38 bits per heavy atom. The number of aromatic nitrogens is 3. The smallest absolute Gasteiger partial charge is 0.349 e. The standard InChI is InChI=1S/C40H35BrN6O7.C2H6OS/c41-28-16-18-35-27(20-28)21-34(40(50)54-35)39(49)46(31-14-8-3-9-15-31)37(38(48)42-29-12-6-2-7-13-29)33-22-32(47(51)52)17-19-36(33)53-25-30-24-45(44-43-30)23-26-10-4-1-5-11-26;1-4(2)3/h1,3-5,8-11,14-22,24,29,37H,2,6-7,12-13,23,25H2,(H,42,48);1-2H3/t37-;/m0./s1. The summed E-state index contributed by atoms with van der Waals surface area (Å²) in [6, 6.07) is 26.8. The van der Waals surface area contributed by atoms with Crippen LogP contribution >= 0.6 is 15.9 Å². The van der Waals surface area contributed by atoms with Crippen molar-refractivity contribution in [2.24, 2.45) is 0 Å². The zero-order chi connectivity index (χ0) is 41.2. The van der Waals surface area contributed by atoms with Crippen molar-refractivity contribution < 1.29 is 27.9 Å². The second-order valence-electron chi connectivity index (χ2n) is 13.8. The summed E-state index contributed by atoms with van der Waals surface area (Å²) in [5.41, 5.74) is 0.511. The van der Waals surface area contributed by atoms with Crippen molar-refractivity contribution in [3.8, 4) is 5.75 Å². The molecule has 0 aliphatic heterocycles. The van der Waals surface area contributed by atoms with Gasteiger partial charge in [-0.15, -0.1) is 5.10 Å². The normalized spacial score (nSPS) is 13.3. The van der Waals surface area contributed by atoms with Crippen LogP contribution in [0.15, 0.2) is 123 Å². The fourth-order valence-electron chi connectivity index (χ4n) is 6.67. The van der Waals surface area contributed by atoms with Crippen LogP contribution in [0.4, 0.5) is 11.4 Å². The molecule has 0 unspecified atom stereocenters. The minimum absolute atomic E-state index is 0.0410. The molecule has 2 aromatic heterocycles. The van der Waals surface area contributed by atoms with E-state index >= 15 is 0 Å². The number of benzene rings is 4. The van der Waals surface area contributed by atoms with Gasteiger partial charge in [-0.2, -0.15) is 0 Å². The zero-order valence-electron chi connectivity index (χ0n) is 31.8. The van der Waals surface area contributed by atoms with Gasteiger partial charge in [0.2, 0.25) is 5.91 Å². The van der Waals surface area contributed by atoms with Crippen LogP contribution in [0.3, 0.4) is 0 Å². The summed E-state index contributed by atoms with van der Waals surface area (Å²) in [5, 5.41) is 24.2. The largest absolute Gasteiger partial charge is 0.487 e. The summed E-state index contributed by atoms with van der Waals surface area (Å²) in [5.74, 6) is -1.33. The molecule has 4 aromatic carbocycles. The first-order chi connectivity index (χ1) is 28.0. The van der Waals surface area contributed by atoms with Crippen molar-refractivity contribution in [3.05, 3.63) is 157 Å². The van der Waals surface area contributed by atoms with Gasteiger partial charge < -0.3 is 14.5 Å². The lowest BCUT2D eigenvalue weighted by atomic mass is 9.94. The molecule has 300 valence electrons. The number of non-ortho nitro benzene ring substituents is 1. The first-order valence-electron chi connectivity index (χ1n) is 18.5. The van der Waals surface area contributed by atoms with Gasteiger partial charge in [0.05, 0.1) is 17.7 Å². The summed E-state index contributed by atoms with van der Waals surface area (Å²) in [4.78, 5) is 55.8. The van der Waals surface area contributed by atoms with Crippen molar-refractivity contribution in [1.29, 1.82) is 0 Å². The van der Waals surface area contributed by atoms with E-state index in [1.165, 1.54) is 29.2 Å². The average molecular weight is 870 g/mol. The van der Waals surface area contributed by atoms with Gasteiger partial charge >= 0.3 is 5.63 Å². The lowest BCUT2D eigenvalue weighted by Gasteiger charge is -2.34. The van der Waals surface area contributed by atoms with E-state index in [1.54, 1.807) is 71.9 Å². The van der Waals surface area contributed by atoms with Crippen molar-refractivity contribution >= 4 is 60.9 Å². The van der Waals surface area contributed by atoms with E-state index in [-0.39, 0.29) is 46.5 Å². The third-order valence-electron chi connectivity index (χ3n) is 9.28. The first kappa shape index (κ1) is 41.6. The maximum absolute atomic E-state index is 14.8. The third-order valence-corrected chi connectivity index (χ3v) is 9.78. The van der Waals surface area contributed by atoms with Gasteiger partial charge in [0.1, 0.15) is 35.2 Å². The van der Waals surface area contributed by atoms with Crippen molar-refractivity contribution in [2.75, 3.05) is 17.4 Å². The number of carbonyl (C=O) groups is 2. The molecule has 6 aromatic rings. The molecule has 1 N–H and O–H groups in total. The van der Waals surface area contributed by atoms with Crippen molar-refractivity contribution in [2.45, 2.75) is 57.3 Å². The van der Waals surface area contributed by atoms with E-state index in [2.05, 4.69) is 31.6 Å². The molecule has 0 spiro atoms. The number of nitro benzene ring substituents is 1. The maximum Gasteiger partial charge on any atom is 0.349 e. The Morgan fingerprint density at radius 1 is 1.00 bits per heavy atom. The highest BCUT2D eigenvalue weighted by molar-refractivity contribution is 9.10. The molecule has 2 heterocycles. The topological polar surface area (TPSA) is 180 Å². The number of rotatable bonds is 12. The average Bonchev–Trinajstić information content (AvgIpc) is 3.66. The van der Waals surface area contributed by atoms with E-state index in [0.29, 0.717) is 22.1 Å². The van der Waals surface area contributed by atoms with E-state index in [4.69, 9.17) is 9.15 Å². The Morgan fingerprint density at radius 2 is 1.69 bits per heavy atom. The van der Waals surface area contributed by atoms with Crippen LogP contribution < -0.4 is 20.6 Å². The molecular weight excluding hydrogens is 828 g/mol. The number of halogens is 1. The molecular formula is C42H41BrN6O8S. The SMILES string of the molecule is CS(C)=O.O=C(NC1CCCCC1)[C@H](c1cc([N+](=O)[O-])ccc1OCc1cn(Cc2ccccc2)nn1)N(C(=O)c1cc2cc(Br)ccc2oc1=O)c1ccccc1. The molecule has 1 saturated carbocycles. The Kier molecular flexibility index (Phi) is 13.9. The minimum atomic E-state index is -1.52. The number of ether oxygens (including phenoxy) is 1. The number of nitrogens with one attached hydrogen (secondary N) is 1. The molecule has 1 atom stereocenters. The van der Waals surface area contributed by atoms with Gasteiger partial charge in [0.15, 0.2) is 0 Å². The second kappa shape index (κ2) is 19.4. The summed E-state index contributed by atoms with van der Waals surface area (Å²) < 4.78 is 23.8. The lowest BCUT2D eigenvalue weighted by Crippen LogP contribution is -2.48. The van der Waals surface area contributed by atoms with Crippen LogP contribution in [-0.2, 0) is 28.7 Å². The van der Waals surface area contributed by atoms with Gasteiger partial charge in [-0.1, -0.05) is 88.9 Å². The van der Waals surface area contributed by atoms with E-state index in [0.717, 1.165) is 37.7 Å². The zero-order valence-corrected chi connectivity index (χ0v) is 34.2. The highest BCUT2D eigenvalue weighted by Gasteiger charge is 2.38. The number of carbonyl (C=O) groups excluding carboxylic acids is 2. The number of hydrogen-bond acceptors (Lipinski definition) is 10. The molecule has 7 rings (SSSR count). The van der Waals surface area contributed by atoms with Crippen LogP contribution in [-0.4, -0.2) is 54.5 Å². The number of nitro groups is 1. The monoisotopic (exact) mass is 868 g/mol. The van der Waals surface area contributed by atoms with Crippen LogP contribution in [0.25, 0.3) is 11.0 Å². The molecule has 2 amide bonds. The second-order valence-corrected chi connectivity index (χ2v) is 16.2. The van der Waals surface area contributed by atoms with Crippen molar-refractivity contribution in [3.63, 3.8) is 0 Å². The molecule has 14 nitrogen and oxygen atoms in total.